The van der Waals surface area contributed by atoms with E-state index in [-0.39, 0.29) is 95.0 Å². The van der Waals surface area contributed by atoms with Gasteiger partial charge in [0.25, 0.3) is 11.8 Å². The Kier molecular flexibility index (Phi) is 27.9. The number of hydrogen-bond acceptors (Lipinski definition) is 17. The van der Waals surface area contributed by atoms with Crippen molar-refractivity contribution in [2.75, 3.05) is 67.6 Å². The molecule has 2 saturated carbocycles. The van der Waals surface area contributed by atoms with Crippen molar-refractivity contribution in [2.45, 2.75) is 233 Å². The molecule has 2 saturated heterocycles. The second kappa shape index (κ2) is 31.6. The van der Waals surface area contributed by atoms with Gasteiger partial charge in [0.15, 0.2) is 6.29 Å². The smallest absolute Gasteiger partial charge is 0.793 e. The Bertz CT molecular complexity index is 2610. The number of likely N-dealkylation sites (N-methyl/N-ethyl adjacent to an activating group) is 4. The van der Waals surface area contributed by atoms with E-state index in [1.807, 2.05) is 55.6 Å². The van der Waals surface area contributed by atoms with Gasteiger partial charge in [-0.2, -0.15) is 10.2 Å². The molecule has 4 aliphatic heterocycles. The molecular formula is C60H97BF4N8NaO13. The molecule has 2 aromatic heterocycles. The van der Waals surface area contributed by atoms with Crippen LogP contribution in [0.1, 0.15) is 205 Å². The summed E-state index contributed by atoms with van der Waals surface area (Å²) in [6.07, 6.45) is 9.12. The van der Waals surface area contributed by atoms with Gasteiger partial charge in [-0.1, -0.05) is 27.7 Å². The van der Waals surface area contributed by atoms with Crippen LogP contribution in [0.5, 0.6) is 0 Å². The van der Waals surface area contributed by atoms with Crippen LogP contribution in [0.2, 0.25) is 0 Å². The third-order valence-corrected chi connectivity index (χ3v) is 15.6. The Morgan fingerprint density at radius 1 is 0.667 bits per heavy atom. The molecule has 4 fully saturated rings. The van der Waals surface area contributed by atoms with Crippen molar-refractivity contribution in [1.29, 1.82) is 0 Å². The summed E-state index contributed by atoms with van der Waals surface area (Å²) >= 11 is 0. The minimum Gasteiger partial charge on any atom is -0.793 e. The largest absolute Gasteiger partial charge is 1.00 e. The summed E-state index contributed by atoms with van der Waals surface area (Å²) in [4.78, 5) is 77.0. The number of ether oxygens (including phenoxy) is 4. The second-order valence-corrected chi connectivity index (χ2v) is 27.6. The molecule has 2 amide bonds. The van der Waals surface area contributed by atoms with E-state index < -0.39 is 47.5 Å². The Balaban J connectivity index is 0.000000332. The number of carbonyl (C=O) groups excluding carboxylic acids is 6. The number of aromatic nitrogens is 4. The third-order valence-electron chi connectivity index (χ3n) is 15.6. The standard InChI is InChI=1S/C27H44F2N4O3.C18H24F2N2O2.C9H20N2O2.C4H6O4.C2H3BO2.Na/c1-24(2,3)36-23(34)32(7)13-12-31(6)15-20-22(21-14-27(28,29)17-33(21)30-20)19-8-10-26(11-9-19)16-25(4,5)18-35-26;1-16(2)9-17(24-11-16)5-3-12(4-6-17)15-13(8-23)21-22-10-18(19,20)7-14(15)22;1-9(2,3)13-8(12)11(5)7-6-10-4;1-3(5)7-8-4(2)6;1-2(4)5-3;/h19H,8-18H2,1-7H3;8,12H,3-7,9-11H2,1-2H3;10H,6-7H2,1-5H3;1-2H3;1H3;/q;;;;-1;+1. The van der Waals surface area contributed by atoms with E-state index in [2.05, 4.69) is 70.6 Å². The van der Waals surface area contributed by atoms with Crippen molar-refractivity contribution in [3.05, 3.63) is 33.9 Å². The number of aldehydes is 1. The van der Waals surface area contributed by atoms with Crippen LogP contribution in [0, 0.1) is 10.8 Å². The van der Waals surface area contributed by atoms with Gasteiger partial charge in [-0.3, -0.25) is 23.9 Å². The van der Waals surface area contributed by atoms with E-state index in [1.54, 1.807) is 28.6 Å². The third kappa shape index (κ3) is 24.4. The van der Waals surface area contributed by atoms with Gasteiger partial charge in [-0.15, -0.1) is 0 Å². The summed E-state index contributed by atoms with van der Waals surface area (Å²) in [6.45, 7) is 27.6. The van der Waals surface area contributed by atoms with Gasteiger partial charge in [-0.25, -0.2) is 46.5 Å². The Morgan fingerprint density at radius 3 is 1.41 bits per heavy atom. The molecule has 0 bridgehead atoms. The van der Waals surface area contributed by atoms with Crippen LogP contribution in [-0.4, -0.2) is 181 Å². The number of fused-ring (bicyclic) bond motifs is 2. The predicted octanol–water partition coefficient (Wildman–Crippen LogP) is 6.68. The van der Waals surface area contributed by atoms with Gasteiger partial charge >= 0.3 is 53.7 Å². The van der Waals surface area contributed by atoms with Gasteiger partial charge in [0.2, 0.25) is 5.97 Å². The summed E-state index contributed by atoms with van der Waals surface area (Å²) in [5, 5.41) is 11.8. The Morgan fingerprint density at radius 2 is 1.06 bits per heavy atom. The Hall–Kier alpha value is -4.34. The number of rotatable bonds is 11. The van der Waals surface area contributed by atoms with Gasteiger partial charge in [0.1, 0.15) is 30.0 Å². The molecule has 2 aromatic rings. The number of nitrogens with one attached hydrogen (secondary N) is 1. The fraction of sp³-hybridized carbons (Fsp3) is 0.800. The van der Waals surface area contributed by atoms with E-state index in [0.717, 1.165) is 121 Å². The molecule has 0 aromatic carbocycles. The quantitative estimate of drug-likeness (QED) is 0.0814. The van der Waals surface area contributed by atoms with Crippen LogP contribution in [0.3, 0.4) is 0 Å². The molecule has 0 atom stereocenters. The minimum atomic E-state index is -2.74. The topological polar surface area (TPSA) is 224 Å². The van der Waals surface area contributed by atoms with E-state index in [0.29, 0.717) is 43.3 Å². The zero-order chi connectivity index (χ0) is 65.0. The molecule has 487 valence electrons. The van der Waals surface area contributed by atoms with Crippen molar-refractivity contribution in [3.63, 3.8) is 0 Å². The first-order valence-corrected chi connectivity index (χ1v) is 29.7. The molecule has 8 rings (SSSR count). The monoisotopic (exact) mass is 1250 g/mol. The van der Waals surface area contributed by atoms with Gasteiger partial charge in [0.05, 0.1) is 43.0 Å². The van der Waals surface area contributed by atoms with Crippen LogP contribution in [0.25, 0.3) is 0 Å². The molecule has 2 aliphatic carbocycles. The maximum Gasteiger partial charge on any atom is 1.00 e. The zero-order valence-corrected chi connectivity index (χ0v) is 57.1. The predicted molar refractivity (Wildman–Crippen MR) is 313 cm³/mol. The van der Waals surface area contributed by atoms with E-state index in [1.165, 1.54) is 11.6 Å². The molecule has 21 nitrogen and oxygen atoms in total. The molecule has 87 heavy (non-hydrogen) atoms. The number of amides is 2. The number of hydrogen-bond donors (Lipinski definition) is 1. The average molecular weight is 1250 g/mol. The van der Waals surface area contributed by atoms with Crippen LogP contribution < -0.4 is 34.9 Å². The molecule has 2 spiro atoms. The van der Waals surface area contributed by atoms with Crippen LogP contribution in [-0.2, 0) is 80.2 Å². The molecule has 27 heteroatoms. The first-order chi connectivity index (χ1) is 39.6. The summed E-state index contributed by atoms with van der Waals surface area (Å²) in [5.41, 5.74) is 3.69. The number of alkyl halides is 4. The second-order valence-electron chi connectivity index (χ2n) is 27.6. The van der Waals surface area contributed by atoms with Gasteiger partial charge < -0.3 is 46.8 Å². The van der Waals surface area contributed by atoms with Gasteiger partial charge in [0, 0.05) is 90.1 Å². The summed E-state index contributed by atoms with van der Waals surface area (Å²) in [7, 11) is 11.6. The number of carbonyl (C=O) groups is 6. The maximum absolute atomic E-state index is 14.3. The van der Waals surface area contributed by atoms with Crippen molar-refractivity contribution < 1.29 is 109 Å². The molecule has 6 heterocycles. The first kappa shape index (κ1) is 76.9. The minimum absolute atomic E-state index is 0. The van der Waals surface area contributed by atoms with E-state index in [4.69, 9.17) is 18.9 Å². The normalized spacial score (nSPS) is 23.3. The molecular weight excluding hydrogens is 1150 g/mol. The number of nitrogens with zero attached hydrogens (tertiary/aromatic N) is 7. The molecule has 0 unspecified atom stereocenters. The van der Waals surface area contributed by atoms with Crippen molar-refractivity contribution in [3.8, 4) is 0 Å². The maximum atomic E-state index is 14.3. The van der Waals surface area contributed by atoms with Crippen molar-refractivity contribution in [2.24, 2.45) is 10.8 Å². The fourth-order valence-electron chi connectivity index (χ4n) is 12.0. The van der Waals surface area contributed by atoms with E-state index >= 15 is 0 Å². The van der Waals surface area contributed by atoms with Crippen molar-refractivity contribution in [1.82, 2.24) is 39.6 Å². The summed E-state index contributed by atoms with van der Waals surface area (Å²) in [6, 6.07) is 0. The zero-order valence-electron chi connectivity index (χ0n) is 55.1. The molecule has 6 aliphatic rings. The SMILES string of the molecule is CC(=O)OOC(C)=O.CC1(C)COC2(CCC(c3c(C=O)nn4c3CC(F)(F)C4)CC2)C1.CN(CCN(C)C(=O)OC(C)(C)C)Cc1nn2c(c1C1CCC3(CC1)CC(C)(C)CO3)CC(F)(F)C2.CNCCN(C)C(=O)OC(C)(C)C.[B-]OC(C)=O.[Na+]. The van der Waals surface area contributed by atoms with Crippen molar-refractivity contribution >= 4 is 44.4 Å². The average Bonchev–Trinajstić information content (AvgIpc) is 1.65. The molecule has 3 radical (unpaired) electrons. The summed E-state index contributed by atoms with van der Waals surface area (Å²) in [5.74, 6) is -6.85. The van der Waals surface area contributed by atoms with Crippen LogP contribution in [0.15, 0.2) is 0 Å². The van der Waals surface area contributed by atoms with E-state index in [9.17, 15) is 46.3 Å². The Labute approximate surface area is 535 Å². The number of halogens is 4. The van der Waals surface area contributed by atoms with Crippen LogP contribution >= 0.6 is 0 Å². The van der Waals surface area contributed by atoms with Gasteiger partial charge in [-0.05, 0) is 143 Å². The van der Waals surface area contributed by atoms with Crippen LogP contribution in [0.4, 0.5) is 27.2 Å². The summed E-state index contributed by atoms with van der Waals surface area (Å²) < 4.78 is 85.5. The fourth-order valence-corrected chi connectivity index (χ4v) is 12.0. The molecule has 1 N–H and O–H groups in total. The first-order valence-electron chi connectivity index (χ1n) is 29.7.